The third-order valence-corrected chi connectivity index (χ3v) is 2.95. The summed E-state index contributed by atoms with van der Waals surface area (Å²) in [5, 5.41) is 14.3. The van der Waals surface area contributed by atoms with Crippen LogP contribution in [0.3, 0.4) is 0 Å². The molecule has 0 aromatic heterocycles. The van der Waals surface area contributed by atoms with Gasteiger partial charge in [0.25, 0.3) is 0 Å². The van der Waals surface area contributed by atoms with E-state index in [9.17, 15) is 14.7 Å². The highest BCUT2D eigenvalue weighted by Crippen LogP contribution is 2.03. The van der Waals surface area contributed by atoms with Crippen LogP contribution in [0.15, 0.2) is 30.3 Å². The van der Waals surface area contributed by atoms with E-state index >= 15 is 0 Å². The number of amides is 2. The van der Waals surface area contributed by atoms with Gasteiger partial charge in [0.2, 0.25) is 0 Å². The Balaban J connectivity index is 2.47. The van der Waals surface area contributed by atoms with Crippen LogP contribution in [0.25, 0.3) is 0 Å². The van der Waals surface area contributed by atoms with Gasteiger partial charge in [0.1, 0.15) is 6.04 Å². The van der Waals surface area contributed by atoms with Gasteiger partial charge in [-0.15, -0.1) is 0 Å². The van der Waals surface area contributed by atoms with Gasteiger partial charge in [-0.1, -0.05) is 37.3 Å². The lowest BCUT2D eigenvalue weighted by Crippen LogP contribution is -2.48. The lowest BCUT2D eigenvalue weighted by atomic mass is 10.1. The van der Waals surface area contributed by atoms with Crippen LogP contribution in [0.5, 0.6) is 0 Å². The fourth-order valence-corrected chi connectivity index (χ4v) is 1.87. The largest absolute Gasteiger partial charge is 0.480 e. The summed E-state index contributed by atoms with van der Waals surface area (Å²) in [6.07, 6.45) is 0.247. The first-order valence-corrected chi connectivity index (χ1v) is 6.83. The summed E-state index contributed by atoms with van der Waals surface area (Å²) in [4.78, 5) is 22.9. The quantitative estimate of drug-likeness (QED) is 0.673. The molecule has 1 aromatic carbocycles. The van der Waals surface area contributed by atoms with Crippen LogP contribution in [-0.4, -0.2) is 43.4 Å². The zero-order valence-electron chi connectivity index (χ0n) is 12.3. The van der Waals surface area contributed by atoms with Gasteiger partial charge in [-0.25, -0.2) is 9.59 Å². The number of ether oxygens (including phenoxy) is 1. The number of hydrogen-bond acceptors (Lipinski definition) is 3. The van der Waals surface area contributed by atoms with Crippen molar-refractivity contribution in [2.75, 3.05) is 20.3 Å². The molecule has 0 bridgehead atoms. The summed E-state index contributed by atoms with van der Waals surface area (Å²) in [5.41, 5.74) is 0.859. The Hall–Kier alpha value is -2.08. The third-order valence-electron chi connectivity index (χ3n) is 2.95. The fourth-order valence-electron chi connectivity index (χ4n) is 1.87. The van der Waals surface area contributed by atoms with Crippen molar-refractivity contribution >= 4 is 12.0 Å². The van der Waals surface area contributed by atoms with Crippen molar-refractivity contribution in [3.05, 3.63) is 35.9 Å². The first kappa shape index (κ1) is 17.0. The molecule has 1 unspecified atom stereocenters. The van der Waals surface area contributed by atoms with Crippen LogP contribution < -0.4 is 10.6 Å². The molecule has 21 heavy (non-hydrogen) atoms. The van der Waals surface area contributed by atoms with Crippen LogP contribution in [0.4, 0.5) is 4.79 Å². The van der Waals surface area contributed by atoms with E-state index in [1.54, 1.807) is 7.11 Å². The van der Waals surface area contributed by atoms with Gasteiger partial charge in [0, 0.05) is 20.1 Å². The van der Waals surface area contributed by atoms with Gasteiger partial charge >= 0.3 is 12.0 Å². The molecule has 2 amide bonds. The van der Waals surface area contributed by atoms with Crippen molar-refractivity contribution in [2.45, 2.75) is 19.4 Å². The average molecular weight is 294 g/mol. The highest BCUT2D eigenvalue weighted by Gasteiger charge is 2.20. The van der Waals surface area contributed by atoms with Gasteiger partial charge in [0.15, 0.2) is 0 Å². The second kappa shape index (κ2) is 8.97. The van der Waals surface area contributed by atoms with Crippen LogP contribution in [0.1, 0.15) is 12.5 Å². The van der Waals surface area contributed by atoms with Crippen molar-refractivity contribution < 1.29 is 19.4 Å². The smallest absolute Gasteiger partial charge is 0.326 e. The summed E-state index contributed by atoms with van der Waals surface area (Å²) in [7, 11) is 1.59. The molecule has 0 radical (unpaired) electrons. The van der Waals surface area contributed by atoms with E-state index in [0.717, 1.165) is 5.56 Å². The minimum absolute atomic E-state index is 0.165. The summed E-state index contributed by atoms with van der Waals surface area (Å²) >= 11 is 0. The van der Waals surface area contributed by atoms with E-state index in [4.69, 9.17) is 4.74 Å². The highest BCUT2D eigenvalue weighted by molar-refractivity contribution is 5.82. The van der Waals surface area contributed by atoms with Gasteiger partial charge in [-0.3, -0.25) is 0 Å². The molecule has 0 aliphatic carbocycles. The molecule has 6 nitrogen and oxygen atoms in total. The Morgan fingerprint density at radius 2 is 1.95 bits per heavy atom. The average Bonchev–Trinajstić information content (AvgIpc) is 2.46. The van der Waals surface area contributed by atoms with Crippen molar-refractivity contribution in [3.8, 4) is 0 Å². The minimum Gasteiger partial charge on any atom is -0.480 e. The molecule has 0 spiro atoms. The molecule has 1 rings (SSSR count). The lowest BCUT2D eigenvalue weighted by Gasteiger charge is -2.17. The van der Waals surface area contributed by atoms with E-state index < -0.39 is 18.0 Å². The predicted molar refractivity (Wildman–Crippen MR) is 79.1 cm³/mol. The molecule has 0 aliphatic rings. The summed E-state index contributed by atoms with van der Waals surface area (Å²) < 4.78 is 4.97. The maximum absolute atomic E-state index is 11.7. The zero-order valence-corrected chi connectivity index (χ0v) is 12.3. The normalized spacial score (nSPS) is 13.2. The molecule has 0 fully saturated rings. The number of aliphatic carboxylic acids is 1. The van der Waals surface area contributed by atoms with E-state index in [1.165, 1.54) is 0 Å². The maximum atomic E-state index is 11.7. The number of benzene rings is 1. The van der Waals surface area contributed by atoms with Gasteiger partial charge < -0.3 is 20.5 Å². The topological polar surface area (TPSA) is 87.7 Å². The Morgan fingerprint density at radius 3 is 2.52 bits per heavy atom. The molecule has 0 aliphatic heterocycles. The van der Waals surface area contributed by atoms with Crippen molar-refractivity contribution in [1.82, 2.24) is 10.6 Å². The number of nitrogens with one attached hydrogen (secondary N) is 2. The predicted octanol–water partition coefficient (Wildman–Crippen LogP) is 1.26. The van der Waals surface area contributed by atoms with E-state index in [-0.39, 0.29) is 12.3 Å². The number of methoxy groups -OCH3 is 1. The van der Waals surface area contributed by atoms with Crippen molar-refractivity contribution in [3.63, 3.8) is 0 Å². The molecule has 6 heteroatoms. The molecule has 3 N–H and O–H groups in total. The summed E-state index contributed by atoms with van der Waals surface area (Å²) in [6.45, 7) is 2.90. The van der Waals surface area contributed by atoms with Crippen LogP contribution in [0, 0.1) is 5.92 Å². The Kier molecular flexibility index (Phi) is 7.25. The zero-order chi connectivity index (χ0) is 15.7. The molecular weight excluding hydrogens is 272 g/mol. The third kappa shape index (κ3) is 6.76. The molecular formula is C15H22N2O4. The van der Waals surface area contributed by atoms with E-state index in [2.05, 4.69) is 10.6 Å². The van der Waals surface area contributed by atoms with Gasteiger partial charge in [0.05, 0.1) is 6.61 Å². The van der Waals surface area contributed by atoms with Crippen molar-refractivity contribution in [1.29, 1.82) is 0 Å². The summed E-state index contributed by atoms with van der Waals surface area (Å²) in [6, 6.07) is 7.75. The minimum atomic E-state index is -1.06. The number of carboxylic acids is 1. The SMILES string of the molecule is COCC(C)CNC(=O)N[C@@H](Cc1ccccc1)C(=O)O. The Bertz CT molecular complexity index is 450. The van der Waals surface area contributed by atoms with E-state index in [0.29, 0.717) is 13.2 Å². The second-order valence-electron chi connectivity index (χ2n) is 5.00. The second-order valence-corrected chi connectivity index (χ2v) is 5.00. The van der Waals surface area contributed by atoms with Crippen LogP contribution >= 0.6 is 0 Å². The first-order chi connectivity index (χ1) is 10.0. The number of carboxylic acid groups (broad SMARTS) is 1. The fraction of sp³-hybridized carbons (Fsp3) is 0.467. The lowest BCUT2D eigenvalue weighted by molar-refractivity contribution is -0.139. The highest BCUT2D eigenvalue weighted by atomic mass is 16.5. The number of carbonyl (C=O) groups is 2. The number of hydrogen-bond donors (Lipinski definition) is 3. The number of urea groups is 1. The standard InChI is InChI=1S/C15H22N2O4/c1-11(10-21-2)9-16-15(20)17-13(14(18)19)8-12-6-4-3-5-7-12/h3-7,11,13H,8-10H2,1-2H3,(H,18,19)(H2,16,17,20)/t11?,13-/m0/s1. The molecule has 116 valence electrons. The monoisotopic (exact) mass is 294 g/mol. The van der Waals surface area contributed by atoms with E-state index in [1.807, 2.05) is 37.3 Å². The Labute approximate surface area is 124 Å². The maximum Gasteiger partial charge on any atom is 0.326 e. The number of carbonyl (C=O) groups excluding carboxylic acids is 1. The first-order valence-electron chi connectivity index (χ1n) is 6.83. The molecule has 1 aromatic rings. The Morgan fingerprint density at radius 1 is 1.29 bits per heavy atom. The summed E-state index contributed by atoms with van der Waals surface area (Å²) in [5.74, 6) is -0.892. The molecule has 0 saturated heterocycles. The van der Waals surface area contributed by atoms with Crippen molar-refractivity contribution in [2.24, 2.45) is 5.92 Å². The van der Waals surface area contributed by atoms with Gasteiger partial charge in [-0.05, 0) is 11.5 Å². The number of rotatable bonds is 8. The van der Waals surface area contributed by atoms with Crippen LogP contribution in [-0.2, 0) is 16.0 Å². The van der Waals surface area contributed by atoms with Crippen LogP contribution in [0.2, 0.25) is 0 Å². The van der Waals surface area contributed by atoms with Gasteiger partial charge in [-0.2, -0.15) is 0 Å². The molecule has 0 heterocycles. The molecule has 2 atom stereocenters. The molecule has 0 saturated carbocycles.